The van der Waals surface area contributed by atoms with Crippen molar-refractivity contribution in [1.29, 1.82) is 5.26 Å². The van der Waals surface area contributed by atoms with Gasteiger partial charge in [0.25, 0.3) is 0 Å². The Labute approximate surface area is 120 Å². The quantitative estimate of drug-likeness (QED) is 0.784. The minimum Gasteiger partial charge on any atom is -0.466 e. The minimum atomic E-state index is -4.83. The number of nitrogens with zero attached hydrogens (tertiary/aromatic N) is 1. The van der Waals surface area contributed by atoms with E-state index in [1.807, 2.05) is 6.07 Å². The number of rotatable bonds is 5. The molecule has 0 spiro atoms. The third-order valence-corrected chi connectivity index (χ3v) is 2.69. The summed E-state index contributed by atoms with van der Waals surface area (Å²) in [7, 11) is 0. The van der Waals surface area contributed by atoms with Crippen LogP contribution >= 0.6 is 0 Å². The molecule has 0 saturated carbocycles. The molecule has 114 valence electrons. The standard InChI is InChI=1S/C14H14F3NO3/c1-3-10-11(8-18)9(7-13(19)20-4-2)5-6-12(10)21-14(15,16)17/h5-6H,3-4,7H2,1-2H3. The van der Waals surface area contributed by atoms with Gasteiger partial charge in [-0.05, 0) is 25.0 Å². The molecule has 1 rings (SSSR count). The predicted molar refractivity (Wildman–Crippen MR) is 67.6 cm³/mol. The van der Waals surface area contributed by atoms with E-state index in [1.54, 1.807) is 13.8 Å². The van der Waals surface area contributed by atoms with Crippen molar-refractivity contribution < 1.29 is 27.4 Å². The van der Waals surface area contributed by atoms with Crippen LogP contribution in [0.5, 0.6) is 5.75 Å². The molecule has 0 aliphatic carbocycles. The van der Waals surface area contributed by atoms with Crippen molar-refractivity contribution in [2.24, 2.45) is 0 Å². The molecular formula is C14H14F3NO3. The molecule has 0 N–H and O–H groups in total. The van der Waals surface area contributed by atoms with Crippen LogP contribution in [0.2, 0.25) is 0 Å². The fraction of sp³-hybridized carbons (Fsp3) is 0.429. The van der Waals surface area contributed by atoms with Gasteiger partial charge in [-0.25, -0.2) is 0 Å². The van der Waals surface area contributed by atoms with Gasteiger partial charge in [-0.2, -0.15) is 5.26 Å². The third-order valence-electron chi connectivity index (χ3n) is 2.69. The van der Waals surface area contributed by atoms with Gasteiger partial charge in [0.05, 0.1) is 24.7 Å². The molecule has 1 aromatic rings. The van der Waals surface area contributed by atoms with Crippen LogP contribution in [0.3, 0.4) is 0 Å². The summed E-state index contributed by atoms with van der Waals surface area (Å²) in [5, 5.41) is 9.16. The van der Waals surface area contributed by atoms with Gasteiger partial charge in [-0.1, -0.05) is 13.0 Å². The van der Waals surface area contributed by atoms with E-state index < -0.39 is 18.1 Å². The number of hydrogen-bond donors (Lipinski definition) is 0. The average molecular weight is 301 g/mol. The molecule has 0 aliphatic heterocycles. The number of halogens is 3. The van der Waals surface area contributed by atoms with Crippen LogP contribution in [0.25, 0.3) is 0 Å². The molecule has 1 aromatic carbocycles. The monoisotopic (exact) mass is 301 g/mol. The van der Waals surface area contributed by atoms with Gasteiger partial charge >= 0.3 is 12.3 Å². The lowest BCUT2D eigenvalue weighted by Gasteiger charge is -2.15. The fourth-order valence-corrected chi connectivity index (χ4v) is 1.90. The van der Waals surface area contributed by atoms with E-state index in [0.717, 1.165) is 6.07 Å². The Morgan fingerprint density at radius 2 is 2.00 bits per heavy atom. The number of alkyl halides is 3. The molecule has 0 aromatic heterocycles. The van der Waals surface area contributed by atoms with E-state index in [-0.39, 0.29) is 30.6 Å². The number of carbonyl (C=O) groups excluding carboxylic acids is 1. The maximum atomic E-state index is 12.3. The Bertz CT molecular complexity index is 562. The highest BCUT2D eigenvalue weighted by Crippen LogP contribution is 2.31. The number of nitriles is 1. The summed E-state index contributed by atoms with van der Waals surface area (Å²) >= 11 is 0. The summed E-state index contributed by atoms with van der Waals surface area (Å²) in [5.74, 6) is -0.963. The number of esters is 1. The van der Waals surface area contributed by atoms with Gasteiger partial charge in [0.2, 0.25) is 0 Å². The molecule has 0 radical (unpaired) electrons. The van der Waals surface area contributed by atoms with E-state index >= 15 is 0 Å². The van der Waals surface area contributed by atoms with Crippen LogP contribution in [0, 0.1) is 11.3 Å². The Morgan fingerprint density at radius 1 is 1.33 bits per heavy atom. The van der Waals surface area contributed by atoms with Crippen LogP contribution in [0.15, 0.2) is 12.1 Å². The molecule has 0 heterocycles. The van der Waals surface area contributed by atoms with Crippen molar-refractivity contribution in [2.75, 3.05) is 6.61 Å². The van der Waals surface area contributed by atoms with Crippen molar-refractivity contribution in [3.8, 4) is 11.8 Å². The maximum Gasteiger partial charge on any atom is 0.573 e. The van der Waals surface area contributed by atoms with E-state index in [1.165, 1.54) is 6.07 Å². The van der Waals surface area contributed by atoms with Crippen molar-refractivity contribution >= 4 is 5.97 Å². The van der Waals surface area contributed by atoms with E-state index in [4.69, 9.17) is 10.00 Å². The van der Waals surface area contributed by atoms with E-state index in [0.29, 0.717) is 5.56 Å². The molecule has 0 amide bonds. The van der Waals surface area contributed by atoms with Gasteiger partial charge in [-0.3, -0.25) is 4.79 Å². The van der Waals surface area contributed by atoms with Gasteiger partial charge in [-0.15, -0.1) is 13.2 Å². The predicted octanol–water partition coefficient (Wildman–Crippen LogP) is 3.12. The minimum absolute atomic E-state index is 0.0207. The summed E-state index contributed by atoms with van der Waals surface area (Å²) in [6.07, 6.45) is -4.83. The fourth-order valence-electron chi connectivity index (χ4n) is 1.90. The summed E-state index contributed by atoms with van der Waals surface area (Å²) in [4.78, 5) is 11.5. The summed E-state index contributed by atoms with van der Waals surface area (Å²) in [6, 6.07) is 4.22. The smallest absolute Gasteiger partial charge is 0.466 e. The van der Waals surface area contributed by atoms with Crippen LogP contribution in [0.1, 0.15) is 30.5 Å². The highest BCUT2D eigenvalue weighted by molar-refractivity contribution is 5.74. The molecular weight excluding hydrogens is 287 g/mol. The lowest BCUT2D eigenvalue weighted by Crippen LogP contribution is -2.19. The molecule has 21 heavy (non-hydrogen) atoms. The molecule has 7 heteroatoms. The first-order valence-corrected chi connectivity index (χ1v) is 6.28. The van der Waals surface area contributed by atoms with Crippen LogP contribution < -0.4 is 4.74 Å². The average Bonchev–Trinajstić information content (AvgIpc) is 2.38. The van der Waals surface area contributed by atoms with Gasteiger partial charge in [0.1, 0.15) is 5.75 Å². The Balaban J connectivity index is 3.20. The topological polar surface area (TPSA) is 59.3 Å². The third kappa shape index (κ3) is 4.67. The molecule has 0 unspecified atom stereocenters. The molecule has 4 nitrogen and oxygen atoms in total. The van der Waals surface area contributed by atoms with Gasteiger partial charge < -0.3 is 9.47 Å². The first-order chi connectivity index (χ1) is 9.82. The number of benzene rings is 1. The van der Waals surface area contributed by atoms with Crippen molar-refractivity contribution in [2.45, 2.75) is 33.1 Å². The number of hydrogen-bond acceptors (Lipinski definition) is 4. The zero-order valence-corrected chi connectivity index (χ0v) is 11.6. The normalized spacial score (nSPS) is 10.9. The Hall–Kier alpha value is -2.23. The van der Waals surface area contributed by atoms with Crippen molar-refractivity contribution in [1.82, 2.24) is 0 Å². The second-order valence-electron chi connectivity index (χ2n) is 4.07. The van der Waals surface area contributed by atoms with Crippen molar-refractivity contribution in [3.63, 3.8) is 0 Å². The lowest BCUT2D eigenvalue weighted by molar-refractivity contribution is -0.274. The molecule has 0 atom stereocenters. The second kappa shape index (κ2) is 6.97. The Kier molecular flexibility index (Phi) is 5.59. The number of carbonyl (C=O) groups is 1. The molecule has 0 aliphatic rings. The zero-order chi connectivity index (χ0) is 16.0. The zero-order valence-electron chi connectivity index (χ0n) is 11.6. The van der Waals surface area contributed by atoms with Crippen LogP contribution in [0.4, 0.5) is 13.2 Å². The van der Waals surface area contributed by atoms with Crippen LogP contribution in [-0.2, 0) is 22.4 Å². The van der Waals surface area contributed by atoms with Gasteiger partial charge in [0, 0.05) is 5.56 Å². The number of ether oxygens (including phenoxy) is 2. The first kappa shape index (κ1) is 16.8. The summed E-state index contributed by atoms with van der Waals surface area (Å²) < 4.78 is 45.7. The summed E-state index contributed by atoms with van der Waals surface area (Å²) in [5.41, 5.74) is 0.464. The first-order valence-electron chi connectivity index (χ1n) is 6.28. The summed E-state index contributed by atoms with van der Waals surface area (Å²) in [6.45, 7) is 3.44. The highest BCUT2D eigenvalue weighted by Gasteiger charge is 2.32. The highest BCUT2D eigenvalue weighted by atomic mass is 19.4. The SMILES string of the molecule is CCOC(=O)Cc1ccc(OC(F)(F)F)c(CC)c1C#N. The Morgan fingerprint density at radius 3 is 2.48 bits per heavy atom. The van der Waals surface area contributed by atoms with Crippen molar-refractivity contribution in [3.05, 3.63) is 28.8 Å². The van der Waals surface area contributed by atoms with Gasteiger partial charge in [0.15, 0.2) is 0 Å². The largest absolute Gasteiger partial charge is 0.573 e. The van der Waals surface area contributed by atoms with E-state index in [9.17, 15) is 18.0 Å². The van der Waals surface area contributed by atoms with E-state index in [2.05, 4.69) is 4.74 Å². The van der Waals surface area contributed by atoms with Crippen LogP contribution in [-0.4, -0.2) is 18.9 Å². The second-order valence-corrected chi connectivity index (χ2v) is 4.07. The molecule has 0 bridgehead atoms. The lowest BCUT2D eigenvalue weighted by atomic mass is 9.97. The molecule has 0 saturated heterocycles. The molecule has 0 fully saturated rings. The maximum absolute atomic E-state index is 12.3.